The summed E-state index contributed by atoms with van der Waals surface area (Å²) >= 11 is 5.02. The number of ether oxygens (including phenoxy) is 1. The second kappa shape index (κ2) is 9.71. The molecule has 21 heavy (non-hydrogen) atoms. The number of nitrogens with two attached hydrogens (primary N) is 1. The lowest BCUT2D eigenvalue weighted by atomic mass is 10.2. The number of hydrogen-bond donors (Lipinski definition) is 1. The molecule has 0 fully saturated rings. The molecule has 0 aliphatic carbocycles. The fourth-order valence-electron chi connectivity index (χ4n) is 2.08. The maximum atomic E-state index is 5.79. The molecule has 0 aliphatic rings. The molecule has 5 heteroatoms. The summed E-state index contributed by atoms with van der Waals surface area (Å²) < 4.78 is 5.79. The molecule has 0 aliphatic heterocycles. The smallest absolute Gasteiger partial charge is 0.129 e. The highest BCUT2D eigenvalue weighted by molar-refractivity contribution is 7.80. The van der Waals surface area contributed by atoms with Crippen LogP contribution in [0.15, 0.2) is 24.3 Å². The van der Waals surface area contributed by atoms with E-state index in [-0.39, 0.29) is 0 Å². The number of benzene rings is 1. The van der Waals surface area contributed by atoms with Crippen LogP contribution in [0.25, 0.3) is 0 Å². The van der Waals surface area contributed by atoms with Crippen molar-refractivity contribution in [1.29, 1.82) is 0 Å². The zero-order valence-corrected chi connectivity index (χ0v) is 14.2. The monoisotopic (exact) mass is 309 g/mol. The van der Waals surface area contributed by atoms with Crippen LogP contribution in [0.4, 0.5) is 0 Å². The molecule has 1 rings (SSSR count). The maximum Gasteiger partial charge on any atom is 0.129 e. The minimum atomic E-state index is 0.381. The van der Waals surface area contributed by atoms with Gasteiger partial charge < -0.3 is 20.3 Å². The molecule has 0 unspecified atom stereocenters. The number of nitrogens with zero attached hydrogens (tertiary/aromatic N) is 2. The first-order valence-electron chi connectivity index (χ1n) is 7.35. The van der Waals surface area contributed by atoms with E-state index in [9.17, 15) is 0 Å². The van der Waals surface area contributed by atoms with E-state index in [0.29, 0.717) is 11.6 Å². The van der Waals surface area contributed by atoms with Gasteiger partial charge in [-0.1, -0.05) is 24.4 Å². The Labute approximate surface area is 133 Å². The standard InChI is InChI=1S/C16H27N3OS/c1-18(2)10-6-11-19(3)12-7-13-20-15-9-5-4-8-14(15)16(17)21/h4-5,8-9H,6-7,10-13H2,1-3H3,(H2,17,21). The quantitative estimate of drug-likeness (QED) is 0.529. The van der Waals surface area contributed by atoms with Crippen LogP contribution in [0.5, 0.6) is 5.75 Å². The number of rotatable bonds is 10. The summed E-state index contributed by atoms with van der Waals surface area (Å²) in [7, 11) is 6.36. The van der Waals surface area contributed by atoms with Gasteiger partial charge >= 0.3 is 0 Å². The lowest BCUT2D eigenvalue weighted by Crippen LogP contribution is -2.25. The third kappa shape index (κ3) is 7.41. The van der Waals surface area contributed by atoms with Crippen molar-refractivity contribution in [3.63, 3.8) is 0 Å². The fraction of sp³-hybridized carbons (Fsp3) is 0.562. The van der Waals surface area contributed by atoms with Crippen molar-refractivity contribution in [2.75, 3.05) is 47.4 Å². The Morgan fingerprint density at radius 3 is 2.43 bits per heavy atom. The lowest BCUT2D eigenvalue weighted by Gasteiger charge is -2.18. The highest BCUT2D eigenvalue weighted by atomic mass is 32.1. The summed E-state index contributed by atoms with van der Waals surface area (Å²) in [6.45, 7) is 3.95. The second-order valence-electron chi connectivity index (χ2n) is 5.52. The average Bonchev–Trinajstić information content (AvgIpc) is 2.43. The van der Waals surface area contributed by atoms with Gasteiger partial charge in [0.1, 0.15) is 10.7 Å². The average molecular weight is 309 g/mol. The van der Waals surface area contributed by atoms with Crippen LogP contribution in [0, 0.1) is 0 Å². The van der Waals surface area contributed by atoms with E-state index in [1.54, 1.807) is 0 Å². The predicted molar refractivity (Wildman–Crippen MR) is 93.1 cm³/mol. The molecule has 0 saturated carbocycles. The molecule has 1 aromatic carbocycles. The van der Waals surface area contributed by atoms with Gasteiger partial charge in [0.15, 0.2) is 0 Å². The van der Waals surface area contributed by atoms with Gasteiger partial charge in [0, 0.05) is 6.54 Å². The molecule has 1 aromatic rings. The first-order valence-corrected chi connectivity index (χ1v) is 7.76. The molecule has 118 valence electrons. The van der Waals surface area contributed by atoms with E-state index in [1.165, 1.54) is 6.42 Å². The van der Waals surface area contributed by atoms with Crippen LogP contribution in [0.2, 0.25) is 0 Å². The van der Waals surface area contributed by atoms with E-state index >= 15 is 0 Å². The molecule has 0 amide bonds. The normalized spacial score (nSPS) is 11.1. The summed E-state index contributed by atoms with van der Waals surface area (Å²) in [6.07, 6.45) is 2.18. The van der Waals surface area contributed by atoms with Crippen LogP contribution >= 0.6 is 12.2 Å². The van der Waals surface area contributed by atoms with E-state index < -0.39 is 0 Å². The minimum absolute atomic E-state index is 0.381. The Morgan fingerprint density at radius 1 is 1.10 bits per heavy atom. The maximum absolute atomic E-state index is 5.79. The SMILES string of the molecule is CN(C)CCCN(C)CCCOc1ccccc1C(N)=S. The zero-order valence-electron chi connectivity index (χ0n) is 13.3. The molecule has 0 heterocycles. The van der Waals surface area contributed by atoms with Crippen molar-refractivity contribution in [3.8, 4) is 5.75 Å². The minimum Gasteiger partial charge on any atom is -0.493 e. The fourth-order valence-corrected chi connectivity index (χ4v) is 2.25. The zero-order chi connectivity index (χ0) is 15.7. The van der Waals surface area contributed by atoms with Crippen LogP contribution in [0.3, 0.4) is 0 Å². The van der Waals surface area contributed by atoms with E-state index in [4.69, 9.17) is 22.7 Å². The first-order chi connectivity index (χ1) is 10.0. The molecule has 0 aromatic heterocycles. The Hall–Kier alpha value is -1.17. The predicted octanol–water partition coefficient (Wildman–Crippen LogP) is 1.97. The molecular weight excluding hydrogens is 282 g/mol. The van der Waals surface area contributed by atoms with E-state index in [2.05, 4.69) is 30.9 Å². The Kier molecular flexibility index (Phi) is 8.27. The number of hydrogen-bond acceptors (Lipinski definition) is 4. The number of para-hydroxylation sites is 1. The summed E-state index contributed by atoms with van der Waals surface area (Å²) in [6, 6.07) is 7.66. The summed E-state index contributed by atoms with van der Waals surface area (Å²) in [5.41, 5.74) is 6.50. The van der Waals surface area contributed by atoms with Crippen molar-refractivity contribution >= 4 is 17.2 Å². The van der Waals surface area contributed by atoms with Gasteiger partial charge in [-0.15, -0.1) is 0 Å². The largest absolute Gasteiger partial charge is 0.493 e. The van der Waals surface area contributed by atoms with Crippen LogP contribution < -0.4 is 10.5 Å². The summed E-state index contributed by atoms with van der Waals surface area (Å²) in [5, 5.41) is 0. The second-order valence-corrected chi connectivity index (χ2v) is 5.96. The molecule has 0 atom stereocenters. The van der Waals surface area contributed by atoms with Crippen LogP contribution in [0.1, 0.15) is 18.4 Å². The van der Waals surface area contributed by atoms with Crippen LogP contribution in [-0.2, 0) is 0 Å². The van der Waals surface area contributed by atoms with Gasteiger partial charge in [-0.3, -0.25) is 0 Å². The van der Waals surface area contributed by atoms with Gasteiger partial charge in [0.2, 0.25) is 0 Å². The van der Waals surface area contributed by atoms with Gasteiger partial charge in [-0.05, 0) is 59.2 Å². The molecule has 0 saturated heterocycles. The topological polar surface area (TPSA) is 41.7 Å². The van der Waals surface area contributed by atoms with Gasteiger partial charge in [-0.2, -0.15) is 0 Å². The number of thiocarbonyl (C=S) groups is 1. The Balaban J connectivity index is 2.24. The molecule has 2 N–H and O–H groups in total. The van der Waals surface area contributed by atoms with Gasteiger partial charge in [0.25, 0.3) is 0 Å². The first kappa shape index (κ1) is 17.9. The van der Waals surface area contributed by atoms with Crippen molar-refractivity contribution in [1.82, 2.24) is 9.80 Å². The van der Waals surface area contributed by atoms with Gasteiger partial charge in [-0.25, -0.2) is 0 Å². The van der Waals surface area contributed by atoms with Crippen LogP contribution in [-0.4, -0.2) is 62.2 Å². The molecule has 4 nitrogen and oxygen atoms in total. The van der Waals surface area contributed by atoms with Gasteiger partial charge in [0.05, 0.1) is 12.2 Å². The lowest BCUT2D eigenvalue weighted by molar-refractivity contribution is 0.253. The van der Waals surface area contributed by atoms with E-state index in [1.807, 2.05) is 24.3 Å². The molecule has 0 bridgehead atoms. The summed E-state index contributed by atoms with van der Waals surface area (Å²) in [4.78, 5) is 4.93. The Morgan fingerprint density at radius 2 is 1.76 bits per heavy atom. The van der Waals surface area contributed by atoms with Crippen molar-refractivity contribution in [2.24, 2.45) is 5.73 Å². The summed E-state index contributed by atoms with van der Waals surface area (Å²) in [5.74, 6) is 0.778. The third-order valence-electron chi connectivity index (χ3n) is 3.24. The third-order valence-corrected chi connectivity index (χ3v) is 3.46. The highest BCUT2D eigenvalue weighted by Crippen LogP contribution is 2.17. The van der Waals surface area contributed by atoms with Crippen molar-refractivity contribution in [3.05, 3.63) is 29.8 Å². The molecule has 0 radical (unpaired) electrons. The highest BCUT2D eigenvalue weighted by Gasteiger charge is 2.05. The van der Waals surface area contributed by atoms with E-state index in [0.717, 1.165) is 37.4 Å². The Bertz CT molecular complexity index is 437. The molecular formula is C16H27N3OS. The van der Waals surface area contributed by atoms with Crippen molar-refractivity contribution < 1.29 is 4.74 Å². The van der Waals surface area contributed by atoms with Crippen molar-refractivity contribution in [2.45, 2.75) is 12.8 Å². The molecule has 0 spiro atoms.